The summed E-state index contributed by atoms with van der Waals surface area (Å²) in [4.78, 5) is 15.8. The Bertz CT molecular complexity index is 381. The maximum absolute atomic E-state index is 11.9. The molecule has 1 aliphatic rings. The van der Waals surface area contributed by atoms with Gasteiger partial charge in [0.25, 0.3) is 0 Å². The van der Waals surface area contributed by atoms with E-state index in [1.165, 1.54) is 30.9 Å². The summed E-state index contributed by atoms with van der Waals surface area (Å²) >= 11 is 1.38. The highest BCUT2D eigenvalue weighted by atomic mass is 32.2. The van der Waals surface area contributed by atoms with Crippen molar-refractivity contribution in [3.05, 3.63) is 6.33 Å². The number of aromatic nitrogens is 3. The molecule has 6 heteroatoms. The molecule has 1 amide bonds. The highest BCUT2D eigenvalue weighted by Crippen LogP contribution is 2.29. The van der Waals surface area contributed by atoms with Crippen LogP contribution in [0.4, 0.5) is 0 Å². The molecule has 18 heavy (non-hydrogen) atoms. The first-order chi connectivity index (χ1) is 8.66. The molecule has 0 bridgehead atoms. The number of carbonyl (C=O) groups is 1. The molecule has 0 aromatic carbocycles. The smallest absolute Gasteiger partial charge is 0.230 e. The molecule has 1 heterocycles. The minimum absolute atomic E-state index is 0.0855. The van der Waals surface area contributed by atoms with Gasteiger partial charge in [0.1, 0.15) is 6.33 Å². The van der Waals surface area contributed by atoms with Gasteiger partial charge in [-0.05, 0) is 18.3 Å². The van der Waals surface area contributed by atoms with Gasteiger partial charge in [-0.3, -0.25) is 9.89 Å². The lowest BCUT2D eigenvalue weighted by Gasteiger charge is -2.34. The van der Waals surface area contributed by atoms with Crippen molar-refractivity contribution < 1.29 is 4.79 Å². The molecule has 2 N–H and O–H groups in total. The monoisotopic (exact) mass is 268 g/mol. The van der Waals surface area contributed by atoms with E-state index in [2.05, 4.69) is 34.3 Å². The maximum Gasteiger partial charge on any atom is 0.230 e. The van der Waals surface area contributed by atoms with Gasteiger partial charge in [0.2, 0.25) is 5.91 Å². The van der Waals surface area contributed by atoms with E-state index in [0.29, 0.717) is 28.8 Å². The zero-order chi connectivity index (χ0) is 13.0. The molecular formula is C12H20N4OS. The Kier molecular flexibility index (Phi) is 4.63. The molecule has 1 aromatic rings. The molecule has 0 unspecified atom stereocenters. The Morgan fingerprint density at radius 3 is 3.11 bits per heavy atom. The maximum atomic E-state index is 11.9. The number of thioether (sulfide) groups is 1. The summed E-state index contributed by atoms with van der Waals surface area (Å²) in [6.45, 7) is 4.50. The molecule has 1 saturated carbocycles. The molecule has 1 aromatic heterocycles. The van der Waals surface area contributed by atoms with Crippen molar-refractivity contribution in [3.63, 3.8) is 0 Å². The minimum Gasteiger partial charge on any atom is -0.352 e. The quantitative estimate of drug-likeness (QED) is 0.817. The van der Waals surface area contributed by atoms with Gasteiger partial charge in [0, 0.05) is 6.04 Å². The van der Waals surface area contributed by atoms with Gasteiger partial charge in [0.15, 0.2) is 5.16 Å². The number of hydrogen-bond acceptors (Lipinski definition) is 4. The molecule has 0 spiro atoms. The standard InChI is InChI=1S/C12H20N4OS/c1-8-4-3-5-10(9(8)2)15-11(17)6-18-12-13-7-14-16-12/h7-10H,3-6H2,1-2H3,(H,15,17)(H,13,14,16)/t8-,9-,10-/m1/s1. The number of rotatable bonds is 4. The Hall–Kier alpha value is -1.04. The molecular weight excluding hydrogens is 248 g/mol. The lowest BCUT2D eigenvalue weighted by molar-refractivity contribution is -0.120. The van der Waals surface area contributed by atoms with Crippen LogP contribution in [0.3, 0.4) is 0 Å². The van der Waals surface area contributed by atoms with Crippen LogP contribution in [-0.2, 0) is 4.79 Å². The Morgan fingerprint density at radius 2 is 2.39 bits per heavy atom. The molecule has 3 atom stereocenters. The van der Waals surface area contributed by atoms with Crippen LogP contribution in [0.15, 0.2) is 11.5 Å². The average molecular weight is 268 g/mol. The lowest BCUT2D eigenvalue weighted by atomic mass is 9.78. The van der Waals surface area contributed by atoms with Crippen LogP contribution in [-0.4, -0.2) is 32.9 Å². The first kappa shape index (κ1) is 13.4. The second kappa shape index (κ2) is 6.22. The van der Waals surface area contributed by atoms with E-state index in [1.54, 1.807) is 0 Å². The molecule has 0 saturated heterocycles. The molecule has 1 fully saturated rings. The number of nitrogens with one attached hydrogen (secondary N) is 2. The number of aromatic amines is 1. The van der Waals surface area contributed by atoms with Crippen LogP contribution in [0.5, 0.6) is 0 Å². The van der Waals surface area contributed by atoms with Gasteiger partial charge in [-0.15, -0.1) is 0 Å². The van der Waals surface area contributed by atoms with Crippen molar-refractivity contribution in [2.45, 2.75) is 44.3 Å². The Balaban J connectivity index is 1.76. The fourth-order valence-electron chi connectivity index (χ4n) is 2.43. The van der Waals surface area contributed by atoms with Crippen molar-refractivity contribution in [2.75, 3.05) is 5.75 Å². The second-order valence-electron chi connectivity index (χ2n) is 5.02. The van der Waals surface area contributed by atoms with Crippen molar-refractivity contribution in [1.82, 2.24) is 20.5 Å². The second-order valence-corrected chi connectivity index (χ2v) is 5.98. The van der Waals surface area contributed by atoms with E-state index in [1.807, 2.05) is 0 Å². The SMILES string of the molecule is C[C@@H]1[C@H](C)CCC[C@H]1NC(=O)CSc1ncn[nH]1. The third kappa shape index (κ3) is 3.48. The number of hydrogen-bond donors (Lipinski definition) is 2. The minimum atomic E-state index is 0.0855. The van der Waals surface area contributed by atoms with Crippen molar-refractivity contribution in [3.8, 4) is 0 Å². The summed E-state index contributed by atoms with van der Waals surface area (Å²) in [5.41, 5.74) is 0. The Morgan fingerprint density at radius 1 is 1.56 bits per heavy atom. The summed E-state index contributed by atoms with van der Waals surface area (Å²) in [6, 6.07) is 0.330. The van der Waals surface area contributed by atoms with Crippen LogP contribution < -0.4 is 5.32 Å². The lowest BCUT2D eigenvalue weighted by Crippen LogP contribution is -2.44. The number of carbonyl (C=O) groups excluding carboxylic acids is 1. The fraction of sp³-hybridized carbons (Fsp3) is 0.750. The van der Waals surface area contributed by atoms with Crippen LogP contribution in [0.2, 0.25) is 0 Å². The van der Waals surface area contributed by atoms with Gasteiger partial charge < -0.3 is 5.32 Å². The first-order valence-corrected chi connectivity index (χ1v) is 7.43. The summed E-state index contributed by atoms with van der Waals surface area (Å²) in [7, 11) is 0. The van der Waals surface area contributed by atoms with Crippen LogP contribution in [0.25, 0.3) is 0 Å². The largest absolute Gasteiger partial charge is 0.352 e. The van der Waals surface area contributed by atoms with Crippen molar-refractivity contribution in [1.29, 1.82) is 0 Å². The van der Waals surface area contributed by atoms with Crippen LogP contribution >= 0.6 is 11.8 Å². The van der Waals surface area contributed by atoms with E-state index < -0.39 is 0 Å². The summed E-state index contributed by atoms with van der Waals surface area (Å²) < 4.78 is 0. The predicted octanol–water partition coefficient (Wildman–Crippen LogP) is 1.84. The molecule has 0 radical (unpaired) electrons. The van der Waals surface area contributed by atoms with Gasteiger partial charge in [-0.25, -0.2) is 4.98 Å². The van der Waals surface area contributed by atoms with Gasteiger partial charge >= 0.3 is 0 Å². The highest BCUT2D eigenvalue weighted by molar-refractivity contribution is 7.99. The van der Waals surface area contributed by atoms with Crippen molar-refractivity contribution in [2.24, 2.45) is 11.8 Å². The molecule has 5 nitrogen and oxygen atoms in total. The molecule has 1 aliphatic carbocycles. The van der Waals surface area contributed by atoms with E-state index in [9.17, 15) is 4.79 Å². The zero-order valence-corrected chi connectivity index (χ0v) is 11.7. The number of H-pyrrole nitrogens is 1. The molecule has 100 valence electrons. The average Bonchev–Trinajstić information content (AvgIpc) is 2.86. The van der Waals surface area contributed by atoms with Gasteiger partial charge in [-0.1, -0.05) is 38.5 Å². The van der Waals surface area contributed by atoms with Gasteiger partial charge in [-0.2, -0.15) is 5.10 Å². The van der Waals surface area contributed by atoms with Crippen molar-refractivity contribution >= 4 is 17.7 Å². The van der Waals surface area contributed by atoms with E-state index >= 15 is 0 Å². The highest BCUT2D eigenvalue weighted by Gasteiger charge is 2.27. The van der Waals surface area contributed by atoms with E-state index in [-0.39, 0.29) is 5.91 Å². The zero-order valence-electron chi connectivity index (χ0n) is 10.8. The van der Waals surface area contributed by atoms with Crippen LogP contribution in [0.1, 0.15) is 33.1 Å². The fourth-order valence-corrected chi connectivity index (χ4v) is 3.02. The topological polar surface area (TPSA) is 70.7 Å². The van der Waals surface area contributed by atoms with Crippen LogP contribution in [0, 0.1) is 11.8 Å². The van der Waals surface area contributed by atoms with E-state index in [4.69, 9.17) is 0 Å². The summed E-state index contributed by atoms with van der Waals surface area (Å²) in [6.07, 6.45) is 5.04. The molecule has 0 aliphatic heterocycles. The summed E-state index contributed by atoms with van der Waals surface area (Å²) in [5, 5.41) is 10.3. The first-order valence-electron chi connectivity index (χ1n) is 6.44. The predicted molar refractivity (Wildman–Crippen MR) is 71.2 cm³/mol. The third-order valence-corrected chi connectivity index (χ3v) is 4.66. The molecule has 2 rings (SSSR count). The van der Waals surface area contributed by atoms with E-state index in [0.717, 1.165) is 6.42 Å². The Labute approximate surface area is 112 Å². The van der Waals surface area contributed by atoms with Gasteiger partial charge in [0.05, 0.1) is 5.75 Å². The third-order valence-electron chi connectivity index (χ3n) is 3.79. The normalized spacial score (nSPS) is 28.0. The summed E-state index contributed by atoms with van der Waals surface area (Å²) in [5.74, 6) is 1.75. The number of nitrogens with zero attached hydrogens (tertiary/aromatic N) is 2. The number of amides is 1.